The Bertz CT molecular complexity index is 571. The molecular weight excluding hydrogens is 236 g/mol. The number of ether oxygens (including phenoxy) is 1. The average Bonchev–Trinajstić information content (AvgIpc) is 2.77. The Labute approximate surface area is 103 Å². The van der Waals surface area contributed by atoms with Crippen LogP contribution in [-0.2, 0) is 6.42 Å². The van der Waals surface area contributed by atoms with E-state index in [0.717, 1.165) is 5.56 Å². The maximum Gasteiger partial charge on any atom is 0.339 e. The van der Waals surface area contributed by atoms with Gasteiger partial charge in [0.15, 0.2) is 11.5 Å². The summed E-state index contributed by atoms with van der Waals surface area (Å²) >= 11 is 0. The Kier molecular flexibility index (Phi) is 3.23. The Balaban J connectivity index is 2.26. The van der Waals surface area contributed by atoms with Gasteiger partial charge in [-0.25, -0.2) is 4.79 Å². The van der Waals surface area contributed by atoms with Crippen molar-refractivity contribution in [3.63, 3.8) is 0 Å². The second-order valence-corrected chi connectivity index (χ2v) is 3.75. The minimum absolute atomic E-state index is 0.0124. The lowest BCUT2D eigenvalue weighted by Crippen LogP contribution is -1.99. The second-order valence-electron chi connectivity index (χ2n) is 3.75. The molecule has 1 heterocycles. The van der Waals surface area contributed by atoms with Gasteiger partial charge >= 0.3 is 5.97 Å². The number of furan rings is 1. The maximum atomic E-state index is 10.9. The molecule has 0 aliphatic rings. The summed E-state index contributed by atoms with van der Waals surface area (Å²) in [6.07, 6.45) is 1.63. The highest BCUT2D eigenvalue weighted by atomic mass is 16.5. The standard InChI is InChI=1S/C13H12O5/c1-17-11-3-2-8(6-10(11)14)7-12-9(13(15)16)4-5-18-12/h2-6,14H,7H2,1H3,(H,15,16). The second kappa shape index (κ2) is 4.83. The number of hydrogen-bond acceptors (Lipinski definition) is 4. The number of aromatic carboxylic acids is 1. The fourth-order valence-electron chi connectivity index (χ4n) is 1.70. The summed E-state index contributed by atoms with van der Waals surface area (Å²) in [7, 11) is 1.46. The first-order valence-electron chi connectivity index (χ1n) is 5.27. The van der Waals surface area contributed by atoms with Gasteiger partial charge < -0.3 is 19.4 Å². The van der Waals surface area contributed by atoms with E-state index in [2.05, 4.69) is 0 Å². The number of methoxy groups -OCH3 is 1. The number of rotatable bonds is 4. The van der Waals surface area contributed by atoms with Crippen LogP contribution in [0, 0.1) is 0 Å². The van der Waals surface area contributed by atoms with E-state index in [4.69, 9.17) is 14.3 Å². The van der Waals surface area contributed by atoms with Gasteiger partial charge in [0.2, 0.25) is 0 Å². The molecule has 1 aromatic carbocycles. The number of phenolic OH excluding ortho intramolecular Hbond substituents is 1. The van der Waals surface area contributed by atoms with E-state index in [1.54, 1.807) is 12.1 Å². The van der Waals surface area contributed by atoms with Crippen LogP contribution in [0.15, 0.2) is 34.9 Å². The van der Waals surface area contributed by atoms with Crippen LogP contribution in [0.1, 0.15) is 21.7 Å². The van der Waals surface area contributed by atoms with E-state index < -0.39 is 5.97 Å². The van der Waals surface area contributed by atoms with Crippen LogP contribution >= 0.6 is 0 Å². The molecule has 5 nitrogen and oxygen atoms in total. The van der Waals surface area contributed by atoms with Crippen LogP contribution in [0.4, 0.5) is 0 Å². The van der Waals surface area contributed by atoms with Gasteiger partial charge in [0.25, 0.3) is 0 Å². The summed E-state index contributed by atoms with van der Waals surface area (Å²) in [5.41, 5.74) is 0.871. The van der Waals surface area contributed by atoms with Crippen LogP contribution in [0.5, 0.6) is 11.5 Å². The lowest BCUT2D eigenvalue weighted by atomic mass is 10.1. The summed E-state index contributed by atoms with van der Waals surface area (Å²) < 4.78 is 10.1. The minimum atomic E-state index is -1.03. The highest BCUT2D eigenvalue weighted by Crippen LogP contribution is 2.27. The van der Waals surface area contributed by atoms with Gasteiger partial charge in [0, 0.05) is 6.42 Å². The lowest BCUT2D eigenvalue weighted by Gasteiger charge is -2.05. The minimum Gasteiger partial charge on any atom is -0.504 e. The van der Waals surface area contributed by atoms with Crippen LogP contribution in [0.2, 0.25) is 0 Å². The van der Waals surface area contributed by atoms with Crippen molar-refractivity contribution in [2.75, 3.05) is 7.11 Å². The van der Waals surface area contributed by atoms with E-state index in [-0.39, 0.29) is 11.3 Å². The molecule has 2 aromatic rings. The molecule has 0 saturated heterocycles. The fourth-order valence-corrected chi connectivity index (χ4v) is 1.70. The Morgan fingerprint density at radius 3 is 2.78 bits per heavy atom. The summed E-state index contributed by atoms with van der Waals surface area (Å²) in [4.78, 5) is 10.9. The van der Waals surface area contributed by atoms with Gasteiger partial charge in [0.1, 0.15) is 11.3 Å². The number of hydrogen-bond donors (Lipinski definition) is 2. The Morgan fingerprint density at radius 2 is 2.17 bits per heavy atom. The molecule has 94 valence electrons. The molecule has 0 saturated carbocycles. The van der Waals surface area contributed by atoms with Crippen molar-refractivity contribution in [3.05, 3.63) is 47.4 Å². The zero-order valence-corrected chi connectivity index (χ0v) is 9.71. The van der Waals surface area contributed by atoms with Gasteiger partial charge in [-0.1, -0.05) is 6.07 Å². The zero-order chi connectivity index (χ0) is 13.1. The van der Waals surface area contributed by atoms with E-state index in [1.165, 1.54) is 25.5 Å². The highest BCUT2D eigenvalue weighted by molar-refractivity contribution is 5.88. The summed E-state index contributed by atoms with van der Waals surface area (Å²) in [6.45, 7) is 0. The monoisotopic (exact) mass is 248 g/mol. The lowest BCUT2D eigenvalue weighted by molar-refractivity contribution is 0.0694. The van der Waals surface area contributed by atoms with Gasteiger partial charge in [-0.15, -0.1) is 0 Å². The third-order valence-corrected chi connectivity index (χ3v) is 2.58. The molecular formula is C13H12O5. The molecule has 2 N–H and O–H groups in total. The first-order chi connectivity index (χ1) is 8.61. The summed E-state index contributed by atoms with van der Waals surface area (Å²) in [5, 5.41) is 18.6. The molecule has 2 rings (SSSR count). The smallest absolute Gasteiger partial charge is 0.339 e. The summed E-state index contributed by atoms with van der Waals surface area (Å²) in [5.74, 6) is -0.293. The summed E-state index contributed by atoms with van der Waals surface area (Å²) in [6, 6.07) is 6.29. The predicted octanol–water partition coefficient (Wildman–Crippen LogP) is 2.28. The Hall–Kier alpha value is -2.43. The topological polar surface area (TPSA) is 79.9 Å². The van der Waals surface area contributed by atoms with Crippen LogP contribution in [0.25, 0.3) is 0 Å². The molecule has 5 heteroatoms. The first-order valence-corrected chi connectivity index (χ1v) is 5.27. The van der Waals surface area contributed by atoms with Crippen molar-refractivity contribution >= 4 is 5.97 Å². The van der Waals surface area contributed by atoms with Crippen LogP contribution < -0.4 is 4.74 Å². The van der Waals surface area contributed by atoms with Crippen LogP contribution in [0.3, 0.4) is 0 Å². The fraction of sp³-hybridized carbons (Fsp3) is 0.154. The Morgan fingerprint density at radius 1 is 1.39 bits per heavy atom. The van der Waals surface area contributed by atoms with Crippen molar-refractivity contribution < 1.29 is 24.2 Å². The van der Waals surface area contributed by atoms with Crippen molar-refractivity contribution in [1.29, 1.82) is 0 Å². The van der Waals surface area contributed by atoms with Gasteiger partial charge in [-0.3, -0.25) is 0 Å². The first kappa shape index (κ1) is 12.0. The normalized spacial score (nSPS) is 10.3. The molecule has 0 unspecified atom stereocenters. The third kappa shape index (κ3) is 2.29. The molecule has 18 heavy (non-hydrogen) atoms. The quantitative estimate of drug-likeness (QED) is 0.867. The van der Waals surface area contributed by atoms with Crippen molar-refractivity contribution in [2.45, 2.75) is 6.42 Å². The van der Waals surface area contributed by atoms with E-state index in [0.29, 0.717) is 17.9 Å². The molecule has 1 aromatic heterocycles. The number of carboxylic acids is 1. The van der Waals surface area contributed by atoms with Gasteiger partial charge in [0.05, 0.1) is 13.4 Å². The zero-order valence-electron chi connectivity index (χ0n) is 9.71. The maximum absolute atomic E-state index is 10.9. The number of phenols is 1. The SMILES string of the molecule is COc1ccc(Cc2occc2C(=O)O)cc1O. The van der Waals surface area contributed by atoms with Gasteiger partial charge in [-0.05, 0) is 23.8 Å². The number of aromatic hydroxyl groups is 1. The highest BCUT2D eigenvalue weighted by Gasteiger charge is 2.14. The van der Waals surface area contributed by atoms with Crippen molar-refractivity contribution in [3.8, 4) is 11.5 Å². The third-order valence-electron chi connectivity index (χ3n) is 2.58. The molecule has 0 bridgehead atoms. The number of carbonyl (C=O) groups is 1. The van der Waals surface area contributed by atoms with E-state index in [1.807, 2.05) is 0 Å². The van der Waals surface area contributed by atoms with Crippen LogP contribution in [-0.4, -0.2) is 23.3 Å². The molecule has 0 radical (unpaired) electrons. The van der Waals surface area contributed by atoms with Crippen molar-refractivity contribution in [2.24, 2.45) is 0 Å². The molecule has 0 amide bonds. The molecule has 0 aliphatic carbocycles. The van der Waals surface area contributed by atoms with Gasteiger partial charge in [-0.2, -0.15) is 0 Å². The van der Waals surface area contributed by atoms with E-state index in [9.17, 15) is 9.90 Å². The number of benzene rings is 1. The molecule has 0 atom stereocenters. The van der Waals surface area contributed by atoms with Crippen molar-refractivity contribution in [1.82, 2.24) is 0 Å². The number of carboxylic acid groups (broad SMARTS) is 1. The van der Waals surface area contributed by atoms with E-state index >= 15 is 0 Å². The molecule has 0 aliphatic heterocycles. The largest absolute Gasteiger partial charge is 0.504 e. The molecule has 0 spiro atoms. The average molecular weight is 248 g/mol. The predicted molar refractivity (Wildman–Crippen MR) is 63.1 cm³/mol. The molecule has 0 fully saturated rings.